The lowest BCUT2D eigenvalue weighted by molar-refractivity contribution is 0.619. The quantitative estimate of drug-likeness (QED) is 0.514. The van der Waals surface area contributed by atoms with Gasteiger partial charge in [0.05, 0.1) is 0 Å². The van der Waals surface area contributed by atoms with E-state index in [2.05, 4.69) is 6.07 Å². The smallest absolute Gasteiger partial charge is 0.258 e. The van der Waals surface area contributed by atoms with E-state index in [1.165, 1.54) is 5.56 Å². The van der Waals surface area contributed by atoms with Crippen LogP contribution >= 0.6 is 23.2 Å². The number of fused-ring (bicyclic) bond motifs is 1. The van der Waals surface area contributed by atoms with Gasteiger partial charge in [-0.2, -0.15) is 0 Å². The summed E-state index contributed by atoms with van der Waals surface area (Å²) >= 11 is 11.4. The van der Waals surface area contributed by atoms with Gasteiger partial charge in [-0.05, 0) is 55.2 Å². The van der Waals surface area contributed by atoms with E-state index in [1.54, 1.807) is 4.57 Å². The van der Waals surface area contributed by atoms with Gasteiger partial charge in [-0.15, -0.1) is 23.2 Å². The first kappa shape index (κ1) is 16.4. The average molecular weight is 326 g/mol. The summed E-state index contributed by atoms with van der Waals surface area (Å²) in [4.78, 5) is 12.5. The molecule has 0 atom stereocenters. The Morgan fingerprint density at radius 3 is 2.48 bits per heavy atom. The zero-order valence-corrected chi connectivity index (χ0v) is 13.7. The number of aromatic nitrogens is 1. The normalized spacial score (nSPS) is 11.1. The van der Waals surface area contributed by atoms with E-state index in [-0.39, 0.29) is 5.56 Å². The molecule has 114 valence electrons. The van der Waals surface area contributed by atoms with Crippen molar-refractivity contribution < 1.29 is 0 Å². The van der Waals surface area contributed by atoms with E-state index in [4.69, 9.17) is 23.2 Å². The summed E-state index contributed by atoms with van der Waals surface area (Å²) in [7, 11) is 0. The van der Waals surface area contributed by atoms with Gasteiger partial charge in [-0.1, -0.05) is 12.1 Å². The van der Waals surface area contributed by atoms with Gasteiger partial charge >= 0.3 is 0 Å². The van der Waals surface area contributed by atoms with E-state index in [0.717, 1.165) is 49.4 Å². The second-order valence-corrected chi connectivity index (χ2v) is 6.03. The van der Waals surface area contributed by atoms with Crippen molar-refractivity contribution in [1.29, 1.82) is 0 Å². The lowest BCUT2D eigenvalue weighted by Crippen LogP contribution is -2.19. The zero-order valence-electron chi connectivity index (χ0n) is 12.2. The van der Waals surface area contributed by atoms with E-state index < -0.39 is 0 Å². The molecule has 0 aliphatic heterocycles. The summed E-state index contributed by atoms with van der Waals surface area (Å²) in [5.74, 6) is 1.34. The van der Waals surface area contributed by atoms with E-state index in [0.29, 0.717) is 11.8 Å². The number of unbranched alkanes of at least 4 members (excludes halogenated alkanes) is 2. The molecule has 1 heterocycles. The highest BCUT2D eigenvalue weighted by Crippen LogP contribution is 2.14. The maximum Gasteiger partial charge on any atom is 0.258 e. The van der Waals surface area contributed by atoms with Gasteiger partial charge in [-0.25, -0.2) is 0 Å². The van der Waals surface area contributed by atoms with Crippen molar-refractivity contribution in [3.8, 4) is 0 Å². The molecule has 0 spiro atoms. The Bertz CT molecular complexity index is 631. The minimum absolute atomic E-state index is 0.0984. The van der Waals surface area contributed by atoms with Gasteiger partial charge < -0.3 is 4.57 Å². The predicted octanol–water partition coefficient (Wildman–Crippen LogP) is 4.58. The molecule has 0 aliphatic rings. The number of aryl methyl sites for hydroxylation is 2. The molecule has 0 fully saturated rings. The number of benzene rings is 1. The van der Waals surface area contributed by atoms with Crippen LogP contribution in [0.25, 0.3) is 10.8 Å². The molecule has 21 heavy (non-hydrogen) atoms. The van der Waals surface area contributed by atoms with Crippen molar-refractivity contribution >= 4 is 34.0 Å². The largest absolute Gasteiger partial charge is 0.315 e. The first-order valence-corrected chi connectivity index (χ1v) is 8.57. The molecule has 0 N–H and O–H groups in total. The topological polar surface area (TPSA) is 22.0 Å². The number of nitrogens with zero attached hydrogens (tertiary/aromatic N) is 1. The second-order valence-electron chi connectivity index (χ2n) is 5.28. The fourth-order valence-corrected chi connectivity index (χ4v) is 2.84. The van der Waals surface area contributed by atoms with Gasteiger partial charge in [0.25, 0.3) is 5.56 Å². The fourth-order valence-electron chi connectivity index (χ4n) is 2.46. The van der Waals surface area contributed by atoms with E-state index in [9.17, 15) is 4.79 Å². The molecule has 0 aliphatic carbocycles. The highest BCUT2D eigenvalue weighted by Gasteiger charge is 2.04. The molecule has 0 saturated heterocycles. The Balaban J connectivity index is 2.22. The third kappa shape index (κ3) is 4.49. The number of alkyl halides is 2. The van der Waals surface area contributed by atoms with E-state index in [1.807, 2.05) is 24.4 Å². The summed E-state index contributed by atoms with van der Waals surface area (Å²) in [5.41, 5.74) is 1.31. The van der Waals surface area contributed by atoms with Crippen LogP contribution in [-0.2, 0) is 13.0 Å². The van der Waals surface area contributed by atoms with Crippen molar-refractivity contribution in [3.63, 3.8) is 0 Å². The second kappa shape index (κ2) is 8.45. The lowest BCUT2D eigenvalue weighted by Gasteiger charge is -2.08. The first-order valence-electron chi connectivity index (χ1n) is 7.50. The highest BCUT2D eigenvalue weighted by atomic mass is 35.5. The van der Waals surface area contributed by atoms with Gasteiger partial charge in [0.15, 0.2) is 0 Å². The maximum atomic E-state index is 12.5. The molecule has 4 heteroatoms. The van der Waals surface area contributed by atoms with Gasteiger partial charge in [0.2, 0.25) is 0 Å². The van der Waals surface area contributed by atoms with Crippen LogP contribution in [0.5, 0.6) is 0 Å². The summed E-state index contributed by atoms with van der Waals surface area (Å²) in [6.45, 7) is 0.734. The summed E-state index contributed by atoms with van der Waals surface area (Å²) in [6, 6.07) is 8.19. The van der Waals surface area contributed by atoms with Crippen LogP contribution < -0.4 is 5.56 Å². The van der Waals surface area contributed by atoms with Crippen molar-refractivity contribution in [2.24, 2.45) is 0 Å². The Kier molecular flexibility index (Phi) is 6.59. The first-order chi connectivity index (χ1) is 10.3. The Labute approximate surface area is 135 Å². The summed E-state index contributed by atoms with van der Waals surface area (Å²) in [5, 5.41) is 1.82. The standard InChI is InChI=1S/C17H21Cl2NO/c18-9-2-1-5-14-6-7-15-8-12-20(11-4-3-10-19)17(21)16(15)13-14/h6-8,12-13H,1-5,9-11H2. The highest BCUT2D eigenvalue weighted by molar-refractivity contribution is 6.18. The third-order valence-electron chi connectivity index (χ3n) is 3.67. The van der Waals surface area contributed by atoms with Crippen molar-refractivity contribution in [2.75, 3.05) is 11.8 Å². The van der Waals surface area contributed by atoms with Crippen LogP contribution in [0.15, 0.2) is 35.3 Å². The minimum Gasteiger partial charge on any atom is -0.315 e. The van der Waals surface area contributed by atoms with Crippen LogP contribution in [0.4, 0.5) is 0 Å². The molecular formula is C17H21Cl2NO. The van der Waals surface area contributed by atoms with Crippen LogP contribution in [0.1, 0.15) is 31.2 Å². The number of pyridine rings is 1. The minimum atomic E-state index is 0.0984. The van der Waals surface area contributed by atoms with Crippen LogP contribution in [0.2, 0.25) is 0 Å². The molecule has 1 aromatic carbocycles. The summed E-state index contributed by atoms with van der Waals surface area (Å²) < 4.78 is 1.79. The molecule has 0 radical (unpaired) electrons. The molecule has 0 unspecified atom stereocenters. The number of rotatable bonds is 8. The Morgan fingerprint density at radius 2 is 1.71 bits per heavy atom. The van der Waals surface area contributed by atoms with Crippen LogP contribution in [0, 0.1) is 0 Å². The molecule has 0 amide bonds. The van der Waals surface area contributed by atoms with Crippen molar-refractivity contribution in [3.05, 3.63) is 46.4 Å². The van der Waals surface area contributed by atoms with Gasteiger partial charge in [0.1, 0.15) is 0 Å². The van der Waals surface area contributed by atoms with Gasteiger partial charge in [0, 0.05) is 29.9 Å². The predicted molar refractivity (Wildman–Crippen MR) is 91.8 cm³/mol. The SMILES string of the molecule is O=c1c2cc(CCCCCl)ccc2ccn1CCCCCl. The average Bonchev–Trinajstić information content (AvgIpc) is 2.50. The Hall–Kier alpha value is -0.990. The van der Waals surface area contributed by atoms with Crippen LogP contribution in [-0.4, -0.2) is 16.3 Å². The molecule has 2 nitrogen and oxygen atoms in total. The fraction of sp³-hybridized carbons (Fsp3) is 0.471. The number of hydrogen-bond donors (Lipinski definition) is 0. The molecule has 0 saturated carbocycles. The van der Waals surface area contributed by atoms with E-state index >= 15 is 0 Å². The lowest BCUT2D eigenvalue weighted by atomic mass is 10.0. The molecule has 1 aromatic heterocycles. The molecular weight excluding hydrogens is 305 g/mol. The summed E-state index contributed by atoms with van der Waals surface area (Å²) in [6.07, 6.45) is 6.80. The maximum absolute atomic E-state index is 12.5. The molecule has 2 rings (SSSR count). The number of halogens is 2. The Morgan fingerprint density at radius 1 is 0.952 bits per heavy atom. The van der Waals surface area contributed by atoms with Gasteiger partial charge in [-0.3, -0.25) is 4.79 Å². The van der Waals surface area contributed by atoms with Crippen LogP contribution in [0.3, 0.4) is 0 Å². The van der Waals surface area contributed by atoms with Crippen molar-refractivity contribution in [1.82, 2.24) is 4.57 Å². The number of hydrogen-bond acceptors (Lipinski definition) is 1. The zero-order chi connectivity index (χ0) is 15.1. The van der Waals surface area contributed by atoms with Crippen molar-refractivity contribution in [2.45, 2.75) is 38.6 Å². The third-order valence-corrected chi connectivity index (χ3v) is 4.21. The molecule has 2 aromatic rings. The monoisotopic (exact) mass is 325 g/mol. The molecule has 0 bridgehead atoms.